The van der Waals surface area contributed by atoms with Crippen LogP contribution in [0.2, 0.25) is 10.0 Å². The third-order valence-electron chi connectivity index (χ3n) is 3.37. The first-order valence-corrected chi connectivity index (χ1v) is 7.72. The number of anilines is 1. The average Bonchev–Trinajstić information content (AvgIpc) is 2.95. The lowest BCUT2D eigenvalue weighted by molar-refractivity contribution is -0.105. The number of hydrogen-bond donors (Lipinski definition) is 2. The van der Waals surface area contributed by atoms with Gasteiger partial charge in [0.2, 0.25) is 6.41 Å². The van der Waals surface area contributed by atoms with Crippen LogP contribution in [-0.2, 0) is 17.8 Å². The van der Waals surface area contributed by atoms with Gasteiger partial charge >= 0.3 is 5.97 Å². The van der Waals surface area contributed by atoms with Crippen molar-refractivity contribution in [1.82, 2.24) is 10.1 Å². The Hall–Kier alpha value is -2.09. The highest BCUT2D eigenvalue weighted by Crippen LogP contribution is 2.24. The van der Waals surface area contributed by atoms with E-state index in [-0.39, 0.29) is 5.69 Å². The van der Waals surface area contributed by atoms with Gasteiger partial charge < -0.3 is 19.8 Å². The van der Waals surface area contributed by atoms with Crippen molar-refractivity contribution in [2.24, 2.45) is 0 Å². The number of aromatic carboxylic acids is 1. The summed E-state index contributed by atoms with van der Waals surface area (Å²) in [5.41, 5.74) is 1.41. The Morgan fingerprint density at radius 2 is 2.17 bits per heavy atom. The van der Waals surface area contributed by atoms with Crippen molar-refractivity contribution in [2.45, 2.75) is 13.0 Å². The topological polar surface area (TPSA) is 95.7 Å². The van der Waals surface area contributed by atoms with Crippen LogP contribution >= 0.6 is 23.2 Å². The fourth-order valence-corrected chi connectivity index (χ4v) is 2.46. The standard InChI is InChI=1S/C8H10N2O3.C7H5Cl2NO/c1-10-3-2-6-5(4-10)7(8(11)12)9-13-6;8-6-2-1-5(10-4-11)3-7(6)9/h2-4H2,1H3,(H,11,12);1-4H,(H,10,11). The number of carboxylic acid groups (broad SMARTS) is 1. The third-order valence-corrected chi connectivity index (χ3v) is 4.10. The van der Waals surface area contributed by atoms with Crippen LogP contribution in [-0.4, -0.2) is 41.1 Å². The van der Waals surface area contributed by atoms with Crippen LogP contribution in [0.15, 0.2) is 22.7 Å². The molecule has 0 aliphatic carbocycles. The minimum Gasteiger partial charge on any atom is -0.476 e. The number of fused-ring (bicyclic) bond motifs is 1. The molecule has 0 fully saturated rings. The molecule has 0 atom stereocenters. The molecule has 1 aliphatic rings. The number of carbonyl (C=O) groups is 2. The summed E-state index contributed by atoms with van der Waals surface area (Å²) < 4.78 is 4.94. The molecule has 0 saturated carbocycles. The van der Waals surface area contributed by atoms with Crippen LogP contribution in [0.1, 0.15) is 21.8 Å². The van der Waals surface area contributed by atoms with Gasteiger partial charge in [0, 0.05) is 30.8 Å². The van der Waals surface area contributed by atoms with E-state index in [1.807, 2.05) is 11.9 Å². The molecule has 2 N–H and O–H groups in total. The molecule has 1 aliphatic heterocycles. The van der Waals surface area contributed by atoms with E-state index in [2.05, 4.69) is 10.5 Å². The molecule has 0 saturated heterocycles. The third kappa shape index (κ3) is 4.47. The van der Waals surface area contributed by atoms with Crippen molar-refractivity contribution in [2.75, 3.05) is 18.9 Å². The summed E-state index contributed by atoms with van der Waals surface area (Å²) in [6.45, 7) is 1.50. The highest BCUT2D eigenvalue weighted by Gasteiger charge is 2.25. The fourth-order valence-electron chi connectivity index (χ4n) is 2.17. The molecule has 128 valence electrons. The summed E-state index contributed by atoms with van der Waals surface area (Å²) in [6, 6.07) is 4.87. The zero-order chi connectivity index (χ0) is 17.7. The second kappa shape index (κ2) is 8.14. The number of halogens is 2. The number of hydrogen-bond acceptors (Lipinski definition) is 5. The lowest BCUT2D eigenvalue weighted by atomic mass is 10.1. The molecule has 2 aromatic rings. The Morgan fingerprint density at radius 3 is 2.79 bits per heavy atom. The van der Waals surface area contributed by atoms with E-state index >= 15 is 0 Å². The number of nitrogens with one attached hydrogen (secondary N) is 1. The van der Waals surface area contributed by atoms with E-state index in [0.29, 0.717) is 28.7 Å². The first-order valence-electron chi connectivity index (χ1n) is 6.97. The molecule has 0 spiro atoms. The van der Waals surface area contributed by atoms with Crippen molar-refractivity contribution in [1.29, 1.82) is 0 Å². The van der Waals surface area contributed by atoms with Gasteiger partial charge in [-0.15, -0.1) is 0 Å². The van der Waals surface area contributed by atoms with Gasteiger partial charge in [0.25, 0.3) is 0 Å². The average molecular weight is 372 g/mol. The number of nitrogens with zero attached hydrogens (tertiary/aromatic N) is 2. The largest absolute Gasteiger partial charge is 0.476 e. The second-order valence-electron chi connectivity index (χ2n) is 5.12. The lowest BCUT2D eigenvalue weighted by Crippen LogP contribution is -2.26. The smallest absolute Gasteiger partial charge is 0.358 e. The molecular weight excluding hydrogens is 357 g/mol. The van der Waals surface area contributed by atoms with Crippen molar-refractivity contribution in [3.05, 3.63) is 45.3 Å². The predicted octanol–water partition coefficient (Wildman–Crippen LogP) is 2.92. The van der Waals surface area contributed by atoms with Crippen LogP contribution in [0, 0.1) is 0 Å². The molecular formula is C15H15Cl2N3O4. The molecule has 7 nitrogen and oxygen atoms in total. The number of amides is 1. The van der Waals surface area contributed by atoms with Crippen LogP contribution in [0.4, 0.5) is 5.69 Å². The Morgan fingerprint density at radius 1 is 1.42 bits per heavy atom. The van der Waals surface area contributed by atoms with Gasteiger partial charge in [-0.2, -0.15) is 0 Å². The van der Waals surface area contributed by atoms with Crippen molar-refractivity contribution >= 4 is 41.3 Å². The van der Waals surface area contributed by atoms with Gasteiger partial charge in [0.05, 0.1) is 10.0 Å². The summed E-state index contributed by atoms with van der Waals surface area (Å²) >= 11 is 11.3. The maximum Gasteiger partial charge on any atom is 0.358 e. The van der Waals surface area contributed by atoms with E-state index in [4.69, 9.17) is 32.8 Å². The van der Waals surface area contributed by atoms with Gasteiger partial charge in [0.1, 0.15) is 5.76 Å². The van der Waals surface area contributed by atoms with E-state index in [1.165, 1.54) is 0 Å². The number of carbonyl (C=O) groups excluding carboxylic acids is 1. The summed E-state index contributed by atoms with van der Waals surface area (Å²) in [5.74, 6) is -0.296. The first kappa shape index (κ1) is 18.3. The maximum atomic E-state index is 10.7. The molecule has 3 rings (SSSR count). The quantitative estimate of drug-likeness (QED) is 0.805. The molecule has 2 heterocycles. The van der Waals surface area contributed by atoms with Gasteiger partial charge in [-0.3, -0.25) is 4.79 Å². The van der Waals surface area contributed by atoms with Gasteiger partial charge in [-0.05, 0) is 25.2 Å². The molecule has 0 bridgehead atoms. The van der Waals surface area contributed by atoms with Crippen molar-refractivity contribution in [3.63, 3.8) is 0 Å². The number of likely N-dealkylation sites (N-methyl/N-ethyl adjacent to an activating group) is 1. The second-order valence-corrected chi connectivity index (χ2v) is 5.93. The van der Waals surface area contributed by atoms with Crippen LogP contribution in [0.25, 0.3) is 0 Å². The lowest BCUT2D eigenvalue weighted by Gasteiger charge is -2.20. The van der Waals surface area contributed by atoms with Crippen LogP contribution in [0.5, 0.6) is 0 Å². The van der Waals surface area contributed by atoms with Crippen molar-refractivity contribution in [3.8, 4) is 0 Å². The van der Waals surface area contributed by atoms with Crippen molar-refractivity contribution < 1.29 is 19.2 Å². The first-order chi connectivity index (χ1) is 11.4. The molecule has 1 aromatic carbocycles. The fraction of sp³-hybridized carbons (Fsp3) is 0.267. The normalized spacial score (nSPS) is 13.5. The summed E-state index contributed by atoms with van der Waals surface area (Å²) in [7, 11) is 1.95. The molecule has 24 heavy (non-hydrogen) atoms. The molecule has 9 heteroatoms. The monoisotopic (exact) mass is 371 g/mol. The minimum absolute atomic E-state index is 0.0570. The predicted molar refractivity (Wildman–Crippen MR) is 89.6 cm³/mol. The van der Waals surface area contributed by atoms with E-state index in [1.54, 1.807) is 18.2 Å². The van der Waals surface area contributed by atoms with E-state index in [0.717, 1.165) is 24.3 Å². The zero-order valence-corrected chi connectivity index (χ0v) is 14.3. The van der Waals surface area contributed by atoms with E-state index in [9.17, 15) is 9.59 Å². The number of benzene rings is 1. The molecule has 1 amide bonds. The minimum atomic E-state index is -1.01. The summed E-state index contributed by atoms with van der Waals surface area (Å²) in [5, 5.41) is 15.7. The number of aromatic nitrogens is 1. The Bertz CT molecular complexity index is 748. The Kier molecular flexibility index (Phi) is 6.19. The van der Waals surface area contributed by atoms with Crippen LogP contribution in [0.3, 0.4) is 0 Å². The number of rotatable bonds is 3. The maximum absolute atomic E-state index is 10.7. The molecule has 0 radical (unpaired) electrons. The molecule has 1 aromatic heterocycles. The number of carboxylic acids is 1. The highest BCUT2D eigenvalue weighted by atomic mass is 35.5. The van der Waals surface area contributed by atoms with Gasteiger partial charge in [0.15, 0.2) is 5.69 Å². The van der Waals surface area contributed by atoms with Gasteiger partial charge in [-0.1, -0.05) is 28.4 Å². The highest BCUT2D eigenvalue weighted by molar-refractivity contribution is 6.42. The molecule has 0 unspecified atom stereocenters. The SMILES string of the molecule is CN1CCc2onc(C(=O)O)c2C1.O=CNc1ccc(Cl)c(Cl)c1. The zero-order valence-electron chi connectivity index (χ0n) is 12.8. The van der Waals surface area contributed by atoms with Crippen LogP contribution < -0.4 is 5.32 Å². The summed E-state index contributed by atoms with van der Waals surface area (Å²) in [6.07, 6.45) is 1.33. The Labute approximate surface area is 148 Å². The summed E-state index contributed by atoms with van der Waals surface area (Å²) in [4.78, 5) is 22.7. The van der Waals surface area contributed by atoms with E-state index < -0.39 is 5.97 Å². The van der Waals surface area contributed by atoms with Gasteiger partial charge in [-0.25, -0.2) is 4.79 Å². The Balaban J connectivity index is 0.000000177.